The van der Waals surface area contributed by atoms with E-state index in [1.165, 1.54) is 16.8 Å². The smallest absolute Gasteiger partial charge is 0.266 e. The highest BCUT2D eigenvalue weighted by atomic mass is 19.1. The van der Waals surface area contributed by atoms with Crippen LogP contribution in [0, 0.1) is 5.82 Å². The van der Waals surface area contributed by atoms with Gasteiger partial charge in [-0.05, 0) is 30.3 Å². The lowest BCUT2D eigenvalue weighted by Gasteiger charge is -2.09. The van der Waals surface area contributed by atoms with Gasteiger partial charge in [0.1, 0.15) is 5.82 Å². The Morgan fingerprint density at radius 1 is 0.920 bits per heavy atom. The van der Waals surface area contributed by atoms with Gasteiger partial charge in [0.05, 0.1) is 27.6 Å². The predicted molar refractivity (Wildman–Crippen MR) is 93.6 cm³/mol. The molecule has 5 rings (SSSR count). The van der Waals surface area contributed by atoms with Crippen molar-refractivity contribution in [1.29, 1.82) is 0 Å². The van der Waals surface area contributed by atoms with E-state index in [9.17, 15) is 9.18 Å². The molecule has 0 bridgehead atoms. The first-order valence-corrected chi connectivity index (χ1v) is 7.76. The standard InChI is InChI=1S/C19H11FN4O/c20-13-5-1-3-7-16(13)23-10-9-15-12(18(23)25)11-21-19-22-14-6-2-4-8-17(14)24(15)19/h1-11H. The van der Waals surface area contributed by atoms with Crippen LogP contribution >= 0.6 is 0 Å². The molecule has 0 fully saturated rings. The van der Waals surface area contributed by atoms with Gasteiger partial charge in [0.2, 0.25) is 5.78 Å². The SMILES string of the molecule is O=c1c2cnc3nc4ccccc4n3c2ccn1-c1ccccc1F. The predicted octanol–water partition coefficient (Wildman–Crippen LogP) is 3.33. The second kappa shape index (κ2) is 4.98. The van der Waals surface area contributed by atoms with Gasteiger partial charge in [-0.15, -0.1) is 0 Å². The number of hydrogen-bond donors (Lipinski definition) is 0. The van der Waals surface area contributed by atoms with Crippen LogP contribution in [0.4, 0.5) is 4.39 Å². The van der Waals surface area contributed by atoms with E-state index in [-0.39, 0.29) is 11.2 Å². The summed E-state index contributed by atoms with van der Waals surface area (Å²) >= 11 is 0. The summed E-state index contributed by atoms with van der Waals surface area (Å²) < 4.78 is 17.2. The maximum Gasteiger partial charge on any atom is 0.266 e. The molecule has 2 aromatic carbocycles. The Labute approximate surface area is 140 Å². The summed E-state index contributed by atoms with van der Waals surface area (Å²) in [6, 6.07) is 15.6. The molecular formula is C19H11FN4O. The van der Waals surface area contributed by atoms with Gasteiger partial charge in [0.25, 0.3) is 5.56 Å². The van der Waals surface area contributed by atoms with Crippen LogP contribution < -0.4 is 5.56 Å². The van der Waals surface area contributed by atoms with Crippen LogP contribution in [-0.2, 0) is 0 Å². The van der Waals surface area contributed by atoms with E-state index < -0.39 is 5.82 Å². The number of fused-ring (bicyclic) bond motifs is 5. The first-order chi connectivity index (χ1) is 12.2. The average Bonchev–Trinajstić information content (AvgIpc) is 3.02. The van der Waals surface area contributed by atoms with Crippen molar-refractivity contribution in [2.45, 2.75) is 0 Å². The van der Waals surface area contributed by atoms with Crippen LogP contribution in [0.1, 0.15) is 0 Å². The van der Waals surface area contributed by atoms with Gasteiger partial charge in [-0.3, -0.25) is 13.8 Å². The van der Waals surface area contributed by atoms with E-state index in [2.05, 4.69) is 9.97 Å². The molecule has 0 saturated carbocycles. The third-order valence-corrected chi connectivity index (χ3v) is 4.31. The van der Waals surface area contributed by atoms with Crippen LogP contribution in [0.3, 0.4) is 0 Å². The Bertz CT molecular complexity index is 1340. The molecule has 0 aliphatic rings. The Kier molecular flexibility index (Phi) is 2.76. The quantitative estimate of drug-likeness (QED) is 0.474. The topological polar surface area (TPSA) is 52.2 Å². The molecule has 0 aliphatic carbocycles. The highest BCUT2D eigenvalue weighted by Crippen LogP contribution is 2.20. The second-order valence-corrected chi connectivity index (χ2v) is 5.74. The largest absolute Gasteiger partial charge is 0.281 e. The first kappa shape index (κ1) is 13.9. The van der Waals surface area contributed by atoms with Crippen molar-refractivity contribution in [2.24, 2.45) is 0 Å². The fourth-order valence-corrected chi connectivity index (χ4v) is 3.15. The lowest BCUT2D eigenvalue weighted by Crippen LogP contribution is -2.19. The fourth-order valence-electron chi connectivity index (χ4n) is 3.15. The minimum Gasteiger partial charge on any atom is -0.281 e. The first-order valence-electron chi connectivity index (χ1n) is 7.76. The molecular weight excluding hydrogens is 319 g/mol. The second-order valence-electron chi connectivity index (χ2n) is 5.74. The summed E-state index contributed by atoms with van der Waals surface area (Å²) in [5.74, 6) is 0.0720. The maximum atomic E-state index is 14.1. The molecule has 25 heavy (non-hydrogen) atoms. The maximum absolute atomic E-state index is 14.1. The van der Waals surface area contributed by atoms with Crippen LogP contribution in [0.25, 0.3) is 33.4 Å². The molecule has 5 aromatic rings. The van der Waals surface area contributed by atoms with Gasteiger partial charge in [-0.25, -0.2) is 14.4 Å². The van der Waals surface area contributed by atoms with E-state index in [0.29, 0.717) is 16.7 Å². The minimum absolute atomic E-state index is 0.213. The number of hydrogen-bond acceptors (Lipinski definition) is 3. The van der Waals surface area contributed by atoms with Gasteiger partial charge >= 0.3 is 0 Å². The molecule has 0 atom stereocenters. The van der Waals surface area contributed by atoms with Crippen LogP contribution in [-0.4, -0.2) is 18.9 Å². The van der Waals surface area contributed by atoms with E-state index in [0.717, 1.165) is 11.0 Å². The normalized spacial score (nSPS) is 11.6. The zero-order valence-corrected chi connectivity index (χ0v) is 12.9. The number of benzene rings is 2. The molecule has 0 amide bonds. The number of nitrogens with zero attached hydrogens (tertiary/aromatic N) is 4. The summed E-state index contributed by atoms with van der Waals surface area (Å²) in [6.45, 7) is 0. The van der Waals surface area contributed by atoms with Gasteiger partial charge in [0, 0.05) is 12.4 Å². The highest BCUT2D eigenvalue weighted by Gasteiger charge is 2.13. The lowest BCUT2D eigenvalue weighted by molar-refractivity contribution is 0.616. The van der Waals surface area contributed by atoms with Crippen molar-refractivity contribution < 1.29 is 4.39 Å². The number of pyridine rings is 1. The highest BCUT2D eigenvalue weighted by molar-refractivity contribution is 5.88. The molecule has 0 spiro atoms. The number of para-hydroxylation sites is 3. The Hall–Kier alpha value is -3.54. The number of aromatic nitrogens is 4. The van der Waals surface area contributed by atoms with E-state index >= 15 is 0 Å². The molecule has 0 unspecified atom stereocenters. The van der Waals surface area contributed by atoms with Crippen LogP contribution in [0.5, 0.6) is 0 Å². The lowest BCUT2D eigenvalue weighted by atomic mass is 10.2. The van der Waals surface area contributed by atoms with Gasteiger partial charge < -0.3 is 0 Å². The summed E-state index contributed by atoms with van der Waals surface area (Å²) in [7, 11) is 0. The van der Waals surface area contributed by atoms with E-state index in [1.54, 1.807) is 30.5 Å². The minimum atomic E-state index is -0.453. The molecule has 0 saturated heterocycles. The zero-order valence-electron chi connectivity index (χ0n) is 12.9. The third-order valence-electron chi connectivity index (χ3n) is 4.31. The molecule has 0 aliphatic heterocycles. The van der Waals surface area contributed by atoms with Gasteiger partial charge in [-0.1, -0.05) is 24.3 Å². The zero-order chi connectivity index (χ0) is 17.0. The number of halogens is 1. The monoisotopic (exact) mass is 330 g/mol. The number of rotatable bonds is 1. The summed E-state index contributed by atoms with van der Waals surface area (Å²) in [5.41, 5.74) is 2.26. The van der Waals surface area contributed by atoms with Crippen molar-refractivity contribution in [3.63, 3.8) is 0 Å². The van der Waals surface area contributed by atoms with Crippen molar-refractivity contribution in [1.82, 2.24) is 18.9 Å². The van der Waals surface area contributed by atoms with Crippen LogP contribution in [0.15, 0.2) is 71.8 Å². The van der Waals surface area contributed by atoms with E-state index in [4.69, 9.17) is 0 Å². The Morgan fingerprint density at radius 2 is 1.72 bits per heavy atom. The van der Waals surface area contributed by atoms with Crippen molar-refractivity contribution in [3.8, 4) is 5.69 Å². The molecule has 0 radical (unpaired) electrons. The molecule has 6 heteroatoms. The van der Waals surface area contributed by atoms with Crippen LogP contribution in [0.2, 0.25) is 0 Å². The summed E-state index contributed by atoms with van der Waals surface area (Å²) in [5, 5.41) is 0.404. The average molecular weight is 330 g/mol. The Morgan fingerprint density at radius 3 is 2.60 bits per heavy atom. The summed E-state index contributed by atoms with van der Waals surface area (Å²) in [6.07, 6.45) is 3.08. The number of imidazole rings is 1. The molecule has 3 heterocycles. The third kappa shape index (κ3) is 1.91. The van der Waals surface area contributed by atoms with Crippen molar-refractivity contribution >= 4 is 27.7 Å². The molecule has 5 nitrogen and oxygen atoms in total. The summed E-state index contributed by atoms with van der Waals surface area (Å²) in [4.78, 5) is 21.7. The molecule has 120 valence electrons. The molecule has 3 aromatic heterocycles. The Balaban J connectivity index is 1.91. The van der Waals surface area contributed by atoms with Crippen molar-refractivity contribution in [2.75, 3.05) is 0 Å². The van der Waals surface area contributed by atoms with Gasteiger partial charge in [-0.2, -0.15) is 0 Å². The van der Waals surface area contributed by atoms with Gasteiger partial charge in [0.15, 0.2) is 0 Å². The fraction of sp³-hybridized carbons (Fsp3) is 0. The molecule has 0 N–H and O–H groups in total. The van der Waals surface area contributed by atoms with Crippen molar-refractivity contribution in [3.05, 3.63) is 83.2 Å². The van der Waals surface area contributed by atoms with E-state index in [1.807, 2.05) is 28.7 Å².